The number of esters is 1. The van der Waals surface area contributed by atoms with Crippen molar-refractivity contribution in [1.82, 2.24) is 9.97 Å². The molecular weight excluding hydrogens is 348 g/mol. The smallest absolute Gasteiger partial charge is 0.330 e. The van der Waals surface area contributed by atoms with E-state index < -0.39 is 18.0 Å². The summed E-state index contributed by atoms with van der Waals surface area (Å²) in [5.74, 6) is -1.29. The molecule has 0 bridgehead atoms. The van der Waals surface area contributed by atoms with Crippen LogP contribution in [0.3, 0.4) is 0 Å². The zero-order valence-corrected chi connectivity index (χ0v) is 15.4. The quantitative estimate of drug-likeness (QED) is 0.708. The predicted molar refractivity (Wildman–Crippen MR) is 98.4 cm³/mol. The molecule has 27 heavy (non-hydrogen) atoms. The number of ether oxygens (including phenoxy) is 3. The second-order valence-corrected chi connectivity index (χ2v) is 6.29. The summed E-state index contributed by atoms with van der Waals surface area (Å²) in [4.78, 5) is 23.9. The molecule has 1 aliphatic heterocycles. The van der Waals surface area contributed by atoms with E-state index in [9.17, 15) is 10.1 Å². The fraction of sp³-hybridized carbons (Fsp3) is 0.474. The van der Waals surface area contributed by atoms with E-state index in [4.69, 9.17) is 14.2 Å². The first kappa shape index (κ1) is 19.0. The van der Waals surface area contributed by atoms with Crippen LogP contribution in [0.2, 0.25) is 0 Å². The largest absolute Gasteiger partial charge is 0.459 e. The molecule has 0 saturated carbocycles. The van der Waals surface area contributed by atoms with E-state index in [1.807, 2.05) is 35.2 Å². The summed E-state index contributed by atoms with van der Waals surface area (Å²) < 4.78 is 15.7. The van der Waals surface area contributed by atoms with Gasteiger partial charge in [0, 0.05) is 20.2 Å². The number of benzene rings is 1. The lowest BCUT2D eigenvalue weighted by Crippen LogP contribution is -2.38. The van der Waals surface area contributed by atoms with E-state index in [2.05, 4.69) is 9.97 Å². The highest BCUT2D eigenvalue weighted by Crippen LogP contribution is 2.28. The van der Waals surface area contributed by atoms with Gasteiger partial charge in [0.15, 0.2) is 11.7 Å². The van der Waals surface area contributed by atoms with Crippen LogP contribution in [0.4, 0.5) is 5.82 Å². The molecule has 0 aliphatic carbocycles. The fourth-order valence-electron chi connectivity index (χ4n) is 2.97. The van der Waals surface area contributed by atoms with Crippen LogP contribution in [0.15, 0.2) is 24.3 Å². The molecule has 2 heterocycles. The van der Waals surface area contributed by atoms with Crippen LogP contribution in [0.5, 0.6) is 0 Å². The standard InChI is InChI=1S/C19H22N4O4/c1-13(12-25-2)27-19(24)14(11-20)17-18(23-7-9-26-10-8-23)22-16-6-4-3-5-15(16)21-17/h3-6,13-14H,7-10,12H2,1-2H3/t13-,14-/m1/s1. The Morgan fingerprint density at radius 2 is 1.96 bits per heavy atom. The second kappa shape index (κ2) is 8.75. The van der Waals surface area contributed by atoms with E-state index in [0.29, 0.717) is 48.8 Å². The van der Waals surface area contributed by atoms with Gasteiger partial charge in [-0.25, -0.2) is 9.97 Å². The molecule has 2 atom stereocenters. The lowest BCUT2D eigenvalue weighted by Gasteiger charge is -2.29. The van der Waals surface area contributed by atoms with Crippen molar-refractivity contribution in [2.45, 2.75) is 18.9 Å². The number of carbonyl (C=O) groups excluding carboxylic acids is 1. The van der Waals surface area contributed by atoms with Gasteiger partial charge in [0.25, 0.3) is 0 Å². The number of anilines is 1. The number of hydrogen-bond acceptors (Lipinski definition) is 8. The Morgan fingerprint density at radius 1 is 1.30 bits per heavy atom. The summed E-state index contributed by atoms with van der Waals surface area (Å²) in [5, 5.41) is 9.69. The minimum Gasteiger partial charge on any atom is -0.459 e. The summed E-state index contributed by atoms with van der Waals surface area (Å²) >= 11 is 0. The molecule has 0 amide bonds. The minimum atomic E-state index is -1.17. The third-order valence-electron chi connectivity index (χ3n) is 4.25. The van der Waals surface area contributed by atoms with Gasteiger partial charge in [-0.15, -0.1) is 0 Å². The number of fused-ring (bicyclic) bond motifs is 1. The van der Waals surface area contributed by atoms with Gasteiger partial charge in [-0.1, -0.05) is 12.1 Å². The first-order chi connectivity index (χ1) is 13.1. The third kappa shape index (κ3) is 4.32. The van der Waals surface area contributed by atoms with Crippen molar-refractivity contribution < 1.29 is 19.0 Å². The maximum atomic E-state index is 12.6. The van der Waals surface area contributed by atoms with Crippen molar-refractivity contribution in [1.29, 1.82) is 5.26 Å². The second-order valence-electron chi connectivity index (χ2n) is 6.29. The molecule has 1 fully saturated rings. The molecule has 0 unspecified atom stereocenters. The molecular formula is C19H22N4O4. The number of aromatic nitrogens is 2. The number of nitriles is 1. The average molecular weight is 370 g/mol. The lowest BCUT2D eigenvalue weighted by atomic mass is 10.1. The number of rotatable bonds is 6. The van der Waals surface area contributed by atoms with Crippen LogP contribution >= 0.6 is 0 Å². The Bertz CT molecular complexity index is 845. The first-order valence-electron chi connectivity index (χ1n) is 8.82. The zero-order chi connectivity index (χ0) is 19.2. The van der Waals surface area contributed by atoms with E-state index in [1.54, 1.807) is 6.92 Å². The molecule has 1 aromatic heterocycles. The summed E-state index contributed by atoms with van der Waals surface area (Å²) in [6, 6.07) is 9.42. The minimum absolute atomic E-state index is 0.254. The molecule has 3 rings (SSSR count). The van der Waals surface area contributed by atoms with Crippen molar-refractivity contribution in [3.63, 3.8) is 0 Å². The Balaban J connectivity index is 2.01. The molecule has 142 valence electrons. The molecule has 0 spiro atoms. The van der Waals surface area contributed by atoms with Gasteiger partial charge < -0.3 is 19.1 Å². The molecule has 8 heteroatoms. The van der Waals surface area contributed by atoms with Crippen LogP contribution < -0.4 is 4.90 Å². The Labute approximate surface area is 157 Å². The van der Waals surface area contributed by atoms with E-state index in [1.165, 1.54) is 7.11 Å². The van der Waals surface area contributed by atoms with Crippen LogP contribution in [0, 0.1) is 11.3 Å². The first-order valence-corrected chi connectivity index (χ1v) is 8.82. The monoisotopic (exact) mass is 370 g/mol. The molecule has 1 aliphatic rings. The van der Waals surface area contributed by atoms with Crippen LogP contribution in [-0.4, -0.2) is 62.1 Å². The Morgan fingerprint density at radius 3 is 2.59 bits per heavy atom. The average Bonchev–Trinajstić information content (AvgIpc) is 2.69. The lowest BCUT2D eigenvalue weighted by molar-refractivity contribution is -0.150. The van der Waals surface area contributed by atoms with E-state index in [-0.39, 0.29) is 6.61 Å². The van der Waals surface area contributed by atoms with Gasteiger partial charge in [-0.3, -0.25) is 4.79 Å². The zero-order valence-electron chi connectivity index (χ0n) is 15.4. The normalized spacial score (nSPS) is 16.6. The van der Waals surface area contributed by atoms with Crippen molar-refractivity contribution in [3.05, 3.63) is 30.0 Å². The van der Waals surface area contributed by atoms with Crippen molar-refractivity contribution >= 4 is 22.8 Å². The maximum absolute atomic E-state index is 12.6. The number of carbonyl (C=O) groups is 1. The predicted octanol–water partition coefficient (Wildman–Crippen LogP) is 1.65. The highest BCUT2D eigenvalue weighted by atomic mass is 16.6. The van der Waals surface area contributed by atoms with Crippen molar-refractivity contribution in [2.24, 2.45) is 0 Å². The van der Waals surface area contributed by atoms with Crippen molar-refractivity contribution in [2.75, 3.05) is 44.9 Å². The summed E-state index contributed by atoms with van der Waals surface area (Å²) in [6.45, 7) is 4.32. The van der Waals surface area contributed by atoms with Crippen LogP contribution in [0.1, 0.15) is 18.5 Å². The summed E-state index contributed by atoms with van der Waals surface area (Å²) in [7, 11) is 1.53. The Kier molecular flexibility index (Phi) is 6.16. The van der Waals surface area contributed by atoms with Gasteiger partial charge in [-0.2, -0.15) is 5.26 Å². The van der Waals surface area contributed by atoms with Gasteiger partial charge >= 0.3 is 5.97 Å². The molecule has 2 aromatic rings. The number of para-hydroxylation sites is 2. The van der Waals surface area contributed by atoms with Gasteiger partial charge in [0.2, 0.25) is 0 Å². The van der Waals surface area contributed by atoms with Crippen LogP contribution in [-0.2, 0) is 19.0 Å². The number of hydrogen-bond donors (Lipinski definition) is 0. The Hall–Kier alpha value is -2.76. The highest BCUT2D eigenvalue weighted by Gasteiger charge is 2.31. The van der Waals surface area contributed by atoms with E-state index in [0.717, 1.165) is 0 Å². The van der Waals surface area contributed by atoms with Crippen molar-refractivity contribution in [3.8, 4) is 6.07 Å². The highest BCUT2D eigenvalue weighted by molar-refractivity contribution is 5.85. The number of methoxy groups -OCH3 is 1. The molecule has 0 N–H and O–H groups in total. The summed E-state index contributed by atoms with van der Waals surface area (Å²) in [5.41, 5.74) is 1.65. The maximum Gasteiger partial charge on any atom is 0.330 e. The van der Waals surface area contributed by atoms with Gasteiger partial charge in [0.1, 0.15) is 11.8 Å². The SMILES string of the molecule is COC[C@@H](C)OC(=O)[C@H](C#N)c1nc2ccccc2nc1N1CCOCC1. The number of nitrogens with zero attached hydrogens (tertiary/aromatic N) is 4. The van der Waals surface area contributed by atoms with Gasteiger partial charge in [-0.05, 0) is 19.1 Å². The van der Waals surface area contributed by atoms with Gasteiger partial charge in [0.05, 0.1) is 36.9 Å². The summed E-state index contributed by atoms with van der Waals surface area (Å²) in [6.07, 6.45) is -0.460. The number of morpholine rings is 1. The topological polar surface area (TPSA) is 97.6 Å². The molecule has 1 aromatic carbocycles. The molecule has 8 nitrogen and oxygen atoms in total. The molecule has 1 saturated heterocycles. The molecule has 0 radical (unpaired) electrons. The fourth-order valence-corrected chi connectivity index (χ4v) is 2.97. The van der Waals surface area contributed by atoms with E-state index >= 15 is 0 Å². The van der Waals surface area contributed by atoms with Crippen LogP contribution in [0.25, 0.3) is 11.0 Å². The third-order valence-corrected chi connectivity index (χ3v) is 4.25.